The number of ketones is 1. The smallest absolute Gasteiger partial charge is 0.163 e. The van der Waals surface area contributed by atoms with Crippen molar-refractivity contribution < 1.29 is 9.53 Å². The van der Waals surface area contributed by atoms with Gasteiger partial charge in [-0.2, -0.15) is 0 Å². The van der Waals surface area contributed by atoms with Crippen molar-refractivity contribution in [1.82, 2.24) is 0 Å². The van der Waals surface area contributed by atoms with E-state index in [1.807, 2.05) is 12.1 Å². The first-order chi connectivity index (χ1) is 14.4. The fourth-order valence-electron chi connectivity index (χ4n) is 7.78. The largest absolute Gasteiger partial charge is 0.482 e. The first kappa shape index (κ1) is 20.4. The quantitative estimate of drug-likeness (QED) is 0.508. The normalized spacial score (nSPS) is 40.1. The lowest BCUT2D eigenvalue weighted by Crippen LogP contribution is -2.51. The van der Waals surface area contributed by atoms with Gasteiger partial charge in [-0.25, -0.2) is 0 Å². The van der Waals surface area contributed by atoms with Crippen molar-refractivity contribution in [3.05, 3.63) is 47.5 Å². The van der Waals surface area contributed by atoms with Crippen LogP contribution in [0.1, 0.15) is 70.8 Å². The second-order valence-corrected chi connectivity index (χ2v) is 11.1. The molecule has 0 unspecified atom stereocenters. The lowest BCUT2D eigenvalue weighted by atomic mass is 9.47. The molecule has 2 nitrogen and oxygen atoms in total. The summed E-state index contributed by atoms with van der Waals surface area (Å²) in [5, 5.41) is 0.841. The highest BCUT2D eigenvalue weighted by molar-refractivity contribution is 7.80. The molecule has 0 aliphatic heterocycles. The Morgan fingerprint density at radius 2 is 1.83 bits per heavy atom. The van der Waals surface area contributed by atoms with Crippen molar-refractivity contribution in [3.63, 3.8) is 0 Å². The van der Waals surface area contributed by atoms with Crippen molar-refractivity contribution >= 4 is 23.1 Å². The van der Waals surface area contributed by atoms with Gasteiger partial charge in [0.2, 0.25) is 0 Å². The Morgan fingerprint density at radius 1 is 1.03 bits per heavy atom. The molecule has 1 aromatic carbocycles. The van der Waals surface area contributed by atoms with Crippen LogP contribution < -0.4 is 0 Å². The number of benzene rings is 1. The summed E-state index contributed by atoms with van der Waals surface area (Å²) in [7, 11) is 0. The summed E-state index contributed by atoms with van der Waals surface area (Å²) in [6.07, 6.45) is 11.2. The molecule has 6 atom stereocenters. The fourth-order valence-corrected chi connectivity index (χ4v) is 8.22. The summed E-state index contributed by atoms with van der Waals surface area (Å²) < 4.78 is 6.16. The molecular formula is C27H34O2S. The van der Waals surface area contributed by atoms with Crippen molar-refractivity contribution in [3.8, 4) is 0 Å². The summed E-state index contributed by atoms with van der Waals surface area (Å²) in [5.41, 5.74) is 3.17. The van der Waals surface area contributed by atoms with Crippen molar-refractivity contribution in [1.29, 1.82) is 0 Å². The van der Waals surface area contributed by atoms with Crippen LogP contribution in [0.15, 0.2) is 42.0 Å². The second kappa shape index (κ2) is 7.58. The van der Waals surface area contributed by atoms with Crippen LogP contribution >= 0.6 is 12.2 Å². The van der Waals surface area contributed by atoms with Gasteiger partial charge < -0.3 is 4.74 Å². The molecule has 0 saturated heterocycles. The molecule has 3 heteroatoms. The number of rotatable bonds is 3. The molecule has 0 heterocycles. The van der Waals surface area contributed by atoms with Crippen LogP contribution in [0.4, 0.5) is 0 Å². The summed E-state index contributed by atoms with van der Waals surface area (Å²) in [4.78, 5) is 12.0. The standard InChI is InChI=1S/C27H34O2S/c1-26-14-12-20(28)16-19(26)8-9-21-22-10-11-24(27(22,2)15-13-23(21)26)25(30)29-17-18-6-4-3-5-7-18/h3-7,16,21-24H,8-15,17H2,1-2H3/t21-,22-,23-,24+,26-,27-/m0/s1. The van der Waals surface area contributed by atoms with E-state index in [9.17, 15) is 4.79 Å². The highest BCUT2D eigenvalue weighted by Gasteiger charge is 2.59. The topological polar surface area (TPSA) is 26.3 Å². The Labute approximate surface area is 186 Å². The molecule has 5 rings (SSSR count). The number of hydrogen-bond donors (Lipinski definition) is 0. The van der Waals surface area contributed by atoms with E-state index in [1.165, 1.54) is 43.2 Å². The molecule has 4 aliphatic rings. The van der Waals surface area contributed by atoms with Gasteiger partial charge in [0.15, 0.2) is 10.8 Å². The van der Waals surface area contributed by atoms with E-state index in [1.54, 1.807) is 0 Å². The average Bonchev–Trinajstić information content (AvgIpc) is 3.10. The molecule has 30 heavy (non-hydrogen) atoms. The maximum absolute atomic E-state index is 12.0. The van der Waals surface area contributed by atoms with E-state index >= 15 is 0 Å². The Hall–Kier alpha value is -1.48. The first-order valence-corrected chi connectivity index (χ1v) is 12.3. The first-order valence-electron chi connectivity index (χ1n) is 11.9. The lowest BCUT2D eigenvalue weighted by Gasteiger charge is -2.58. The van der Waals surface area contributed by atoms with Gasteiger partial charge in [0.1, 0.15) is 6.61 Å². The van der Waals surface area contributed by atoms with Crippen LogP contribution in [0.2, 0.25) is 0 Å². The van der Waals surface area contributed by atoms with Gasteiger partial charge in [-0.3, -0.25) is 4.79 Å². The summed E-state index contributed by atoms with van der Waals surface area (Å²) in [5.74, 6) is 3.01. The number of carbonyl (C=O) groups excluding carboxylic acids is 1. The van der Waals surface area contributed by atoms with Gasteiger partial charge in [-0.1, -0.05) is 49.8 Å². The third-order valence-corrected chi connectivity index (χ3v) is 9.87. The number of carbonyl (C=O) groups is 1. The van der Waals surface area contributed by atoms with Gasteiger partial charge >= 0.3 is 0 Å². The van der Waals surface area contributed by atoms with Crippen molar-refractivity contribution in [2.45, 2.75) is 71.8 Å². The molecular weight excluding hydrogens is 388 g/mol. The Balaban J connectivity index is 1.32. The molecule has 0 N–H and O–H groups in total. The van der Waals surface area contributed by atoms with Crippen LogP contribution in [0.5, 0.6) is 0 Å². The molecule has 1 aromatic rings. The van der Waals surface area contributed by atoms with Crippen LogP contribution in [0.25, 0.3) is 0 Å². The van der Waals surface area contributed by atoms with Gasteiger partial charge in [0.05, 0.1) is 0 Å². The van der Waals surface area contributed by atoms with Gasteiger partial charge in [0.25, 0.3) is 0 Å². The number of fused-ring (bicyclic) bond motifs is 5. The van der Waals surface area contributed by atoms with E-state index in [2.05, 4.69) is 38.1 Å². The van der Waals surface area contributed by atoms with Gasteiger partial charge in [0, 0.05) is 12.3 Å². The molecule has 3 fully saturated rings. The van der Waals surface area contributed by atoms with Crippen molar-refractivity contribution in [2.75, 3.05) is 0 Å². The SMILES string of the molecule is C[C@]12CC[C@H]3[C@@H](CCC4=CC(=O)CC[C@@]43C)[C@@H]1CC[C@@H]2C(=S)OCc1ccccc1. The van der Waals surface area contributed by atoms with Crippen LogP contribution in [-0.2, 0) is 16.1 Å². The molecule has 4 aliphatic carbocycles. The zero-order chi connectivity index (χ0) is 20.9. The van der Waals surface area contributed by atoms with Crippen molar-refractivity contribution in [2.24, 2.45) is 34.5 Å². The number of hydrogen-bond acceptors (Lipinski definition) is 3. The maximum atomic E-state index is 12.0. The second-order valence-electron chi connectivity index (χ2n) is 10.7. The van der Waals surface area contributed by atoms with E-state index in [0.717, 1.165) is 42.1 Å². The van der Waals surface area contributed by atoms with Gasteiger partial charge in [-0.05, 0) is 97.4 Å². The van der Waals surface area contributed by atoms with E-state index < -0.39 is 0 Å². The average molecular weight is 423 g/mol. The van der Waals surface area contributed by atoms with E-state index in [0.29, 0.717) is 18.3 Å². The van der Waals surface area contributed by atoms with E-state index in [4.69, 9.17) is 17.0 Å². The van der Waals surface area contributed by atoms with Crippen LogP contribution in [-0.4, -0.2) is 10.8 Å². The Kier molecular flexibility index (Phi) is 5.16. The predicted octanol–water partition coefficient (Wildman–Crippen LogP) is 6.68. The minimum Gasteiger partial charge on any atom is -0.482 e. The minimum absolute atomic E-state index is 0.251. The Morgan fingerprint density at radius 3 is 2.63 bits per heavy atom. The lowest BCUT2D eigenvalue weighted by molar-refractivity contribution is -0.117. The molecule has 160 valence electrons. The molecule has 0 amide bonds. The minimum atomic E-state index is 0.251. The maximum Gasteiger partial charge on any atom is 0.163 e. The third-order valence-electron chi connectivity index (χ3n) is 9.47. The zero-order valence-electron chi connectivity index (χ0n) is 18.4. The molecule has 0 spiro atoms. The number of ether oxygens (including phenoxy) is 1. The highest BCUT2D eigenvalue weighted by atomic mass is 32.1. The number of thiocarbonyl (C=S) groups is 1. The third kappa shape index (κ3) is 3.20. The fraction of sp³-hybridized carbons (Fsp3) is 0.630. The summed E-state index contributed by atoms with van der Waals surface area (Å²) >= 11 is 5.86. The van der Waals surface area contributed by atoms with E-state index in [-0.39, 0.29) is 10.8 Å². The molecule has 3 saturated carbocycles. The number of allylic oxidation sites excluding steroid dienone is 1. The monoisotopic (exact) mass is 422 g/mol. The summed E-state index contributed by atoms with van der Waals surface area (Å²) in [6, 6.07) is 10.4. The molecule has 0 bridgehead atoms. The zero-order valence-corrected chi connectivity index (χ0v) is 19.2. The van der Waals surface area contributed by atoms with Gasteiger partial charge in [-0.15, -0.1) is 0 Å². The Bertz CT molecular complexity index is 874. The molecule has 0 radical (unpaired) electrons. The van der Waals surface area contributed by atoms with Crippen LogP contribution in [0.3, 0.4) is 0 Å². The summed E-state index contributed by atoms with van der Waals surface area (Å²) in [6.45, 7) is 5.55. The highest BCUT2D eigenvalue weighted by Crippen LogP contribution is 2.66. The predicted molar refractivity (Wildman–Crippen MR) is 124 cm³/mol. The van der Waals surface area contributed by atoms with Crippen LogP contribution in [0, 0.1) is 34.5 Å². The molecule has 0 aromatic heterocycles.